The fourth-order valence-electron chi connectivity index (χ4n) is 1.54. The van der Waals surface area contributed by atoms with Crippen molar-refractivity contribution in [2.75, 3.05) is 16.8 Å². The second kappa shape index (κ2) is 4.14. The lowest BCUT2D eigenvalue weighted by atomic mass is 10.1. The van der Waals surface area contributed by atoms with E-state index >= 15 is 0 Å². The Labute approximate surface area is 93.5 Å². The first kappa shape index (κ1) is 10.4. The summed E-state index contributed by atoms with van der Waals surface area (Å²) in [6, 6.07) is 6.02. The Kier molecular flexibility index (Phi) is 2.68. The monoisotopic (exact) mass is 218 g/mol. The lowest BCUT2D eigenvalue weighted by Gasteiger charge is -2.15. The molecule has 0 aliphatic rings. The van der Waals surface area contributed by atoms with E-state index in [1.165, 1.54) is 6.26 Å². The number of para-hydroxylation sites is 1. The van der Waals surface area contributed by atoms with E-state index in [4.69, 9.17) is 15.9 Å². The summed E-state index contributed by atoms with van der Waals surface area (Å²) in [6.45, 7) is 1.97. The van der Waals surface area contributed by atoms with E-state index in [2.05, 4.69) is 10.3 Å². The molecule has 5 N–H and O–H groups in total. The van der Waals surface area contributed by atoms with E-state index < -0.39 is 0 Å². The summed E-state index contributed by atoms with van der Waals surface area (Å²) in [6.07, 6.45) is 3.09. The molecule has 16 heavy (non-hydrogen) atoms. The van der Waals surface area contributed by atoms with Crippen LogP contribution < -0.4 is 16.8 Å². The molecule has 84 valence electrons. The molecule has 0 aliphatic heterocycles. The zero-order valence-corrected chi connectivity index (χ0v) is 8.97. The largest absolute Gasteiger partial charge is 0.432 e. The Hall–Kier alpha value is -2.17. The predicted octanol–water partition coefficient (Wildman–Crippen LogP) is 2.01. The highest BCUT2D eigenvalue weighted by Crippen LogP contribution is 2.27. The molecule has 1 atom stereocenters. The molecule has 0 amide bonds. The number of hydrogen-bond acceptors (Lipinski definition) is 5. The van der Waals surface area contributed by atoms with Crippen molar-refractivity contribution in [2.24, 2.45) is 0 Å². The number of anilines is 3. The van der Waals surface area contributed by atoms with Gasteiger partial charge in [0.1, 0.15) is 6.26 Å². The van der Waals surface area contributed by atoms with Crippen molar-refractivity contribution in [3.63, 3.8) is 0 Å². The molecular weight excluding hydrogens is 204 g/mol. The molecule has 0 spiro atoms. The summed E-state index contributed by atoms with van der Waals surface area (Å²) < 4.78 is 5.10. The number of rotatable bonds is 3. The maximum atomic E-state index is 5.90. The molecular formula is C11H14N4O. The number of nitrogens with two attached hydrogens (primary N) is 2. The number of nitrogen functional groups attached to an aromatic ring is 2. The number of aromatic nitrogens is 1. The van der Waals surface area contributed by atoms with Gasteiger partial charge in [0.05, 0.1) is 23.6 Å². The van der Waals surface area contributed by atoms with Crippen molar-refractivity contribution in [1.82, 2.24) is 4.98 Å². The number of nitrogens with zero attached hydrogens (tertiary/aromatic N) is 1. The molecule has 0 radical (unpaired) electrons. The van der Waals surface area contributed by atoms with Gasteiger partial charge in [-0.2, -0.15) is 0 Å². The number of nitrogens with one attached hydrogen (secondary N) is 1. The SMILES string of the molecule is CC(Nc1ncco1)c1cccc(N)c1N. The second-order valence-electron chi connectivity index (χ2n) is 3.55. The highest BCUT2D eigenvalue weighted by Gasteiger charge is 2.11. The molecule has 0 saturated heterocycles. The van der Waals surface area contributed by atoms with Crippen LogP contribution in [0.15, 0.2) is 35.1 Å². The summed E-state index contributed by atoms with van der Waals surface area (Å²) in [5, 5.41) is 3.09. The van der Waals surface area contributed by atoms with Crippen molar-refractivity contribution >= 4 is 17.4 Å². The highest BCUT2D eigenvalue weighted by molar-refractivity contribution is 5.68. The van der Waals surface area contributed by atoms with Crippen LogP contribution in [0.4, 0.5) is 17.4 Å². The van der Waals surface area contributed by atoms with Gasteiger partial charge in [0.25, 0.3) is 6.01 Å². The average Bonchev–Trinajstić information content (AvgIpc) is 2.74. The minimum atomic E-state index is -0.0119. The van der Waals surface area contributed by atoms with Crippen molar-refractivity contribution in [1.29, 1.82) is 0 Å². The van der Waals surface area contributed by atoms with Gasteiger partial charge in [0.15, 0.2) is 0 Å². The Morgan fingerprint density at radius 2 is 2.19 bits per heavy atom. The van der Waals surface area contributed by atoms with Gasteiger partial charge >= 0.3 is 0 Å². The topological polar surface area (TPSA) is 90.1 Å². The number of benzene rings is 1. The van der Waals surface area contributed by atoms with Crippen molar-refractivity contribution in [3.05, 3.63) is 36.2 Å². The van der Waals surface area contributed by atoms with Crippen LogP contribution in [0.2, 0.25) is 0 Å². The average molecular weight is 218 g/mol. The first-order valence-corrected chi connectivity index (χ1v) is 4.98. The first-order chi connectivity index (χ1) is 7.68. The van der Waals surface area contributed by atoms with Crippen molar-refractivity contribution in [2.45, 2.75) is 13.0 Å². The van der Waals surface area contributed by atoms with Crippen LogP contribution in [0.1, 0.15) is 18.5 Å². The third-order valence-corrected chi connectivity index (χ3v) is 2.41. The van der Waals surface area contributed by atoms with Crippen LogP contribution in [-0.2, 0) is 0 Å². The molecule has 0 saturated carbocycles. The van der Waals surface area contributed by atoms with E-state index in [-0.39, 0.29) is 6.04 Å². The maximum absolute atomic E-state index is 5.90. The van der Waals surface area contributed by atoms with E-state index in [9.17, 15) is 0 Å². The first-order valence-electron chi connectivity index (χ1n) is 4.98. The fraction of sp³-hybridized carbons (Fsp3) is 0.182. The Morgan fingerprint density at radius 3 is 2.88 bits per heavy atom. The molecule has 1 heterocycles. The second-order valence-corrected chi connectivity index (χ2v) is 3.55. The predicted molar refractivity (Wildman–Crippen MR) is 63.8 cm³/mol. The molecule has 2 rings (SSSR count). The molecule has 1 unspecified atom stereocenters. The van der Waals surface area contributed by atoms with E-state index in [0.717, 1.165) is 5.56 Å². The van der Waals surface area contributed by atoms with Gasteiger partial charge in [-0.1, -0.05) is 12.1 Å². The van der Waals surface area contributed by atoms with Gasteiger partial charge in [-0.05, 0) is 18.6 Å². The van der Waals surface area contributed by atoms with Crippen LogP contribution in [0.25, 0.3) is 0 Å². The third-order valence-electron chi connectivity index (χ3n) is 2.41. The lowest BCUT2D eigenvalue weighted by molar-refractivity contribution is 0.563. The Bertz CT molecular complexity index is 467. The van der Waals surface area contributed by atoms with Gasteiger partial charge in [-0.15, -0.1) is 0 Å². The van der Waals surface area contributed by atoms with Crippen LogP contribution in [-0.4, -0.2) is 4.98 Å². The molecule has 1 aromatic heterocycles. The maximum Gasteiger partial charge on any atom is 0.294 e. The molecule has 1 aromatic carbocycles. The minimum Gasteiger partial charge on any atom is -0.432 e. The molecule has 0 bridgehead atoms. The van der Waals surface area contributed by atoms with Gasteiger partial charge < -0.3 is 21.2 Å². The summed E-state index contributed by atoms with van der Waals surface area (Å²) in [4.78, 5) is 3.98. The summed E-state index contributed by atoms with van der Waals surface area (Å²) >= 11 is 0. The quantitative estimate of drug-likeness (QED) is 0.685. The molecule has 0 fully saturated rings. The van der Waals surface area contributed by atoms with Crippen LogP contribution >= 0.6 is 0 Å². The highest BCUT2D eigenvalue weighted by atomic mass is 16.4. The smallest absolute Gasteiger partial charge is 0.294 e. The van der Waals surface area contributed by atoms with Gasteiger partial charge in [-0.25, -0.2) is 4.98 Å². The van der Waals surface area contributed by atoms with Crippen molar-refractivity contribution < 1.29 is 4.42 Å². The van der Waals surface area contributed by atoms with Gasteiger partial charge in [-0.3, -0.25) is 0 Å². The van der Waals surface area contributed by atoms with Gasteiger partial charge in [0.2, 0.25) is 0 Å². The van der Waals surface area contributed by atoms with E-state index in [0.29, 0.717) is 17.4 Å². The standard InChI is InChI=1S/C11H14N4O/c1-7(15-11-14-5-6-16-11)8-3-2-4-9(12)10(8)13/h2-7H,12-13H2,1H3,(H,14,15). The molecule has 0 aliphatic carbocycles. The summed E-state index contributed by atoms with van der Waals surface area (Å²) in [5.74, 6) is 0. The number of hydrogen-bond donors (Lipinski definition) is 3. The van der Waals surface area contributed by atoms with E-state index in [1.807, 2.05) is 19.1 Å². The fourth-order valence-corrected chi connectivity index (χ4v) is 1.54. The number of oxazole rings is 1. The third kappa shape index (κ3) is 1.93. The van der Waals surface area contributed by atoms with Crippen LogP contribution in [0, 0.1) is 0 Å². The van der Waals surface area contributed by atoms with Crippen molar-refractivity contribution in [3.8, 4) is 0 Å². The zero-order valence-electron chi connectivity index (χ0n) is 8.97. The Balaban J connectivity index is 2.21. The Morgan fingerprint density at radius 1 is 1.38 bits per heavy atom. The minimum absolute atomic E-state index is 0.0119. The van der Waals surface area contributed by atoms with Gasteiger partial charge in [0, 0.05) is 0 Å². The van der Waals surface area contributed by atoms with Crippen LogP contribution in [0.3, 0.4) is 0 Å². The summed E-state index contributed by atoms with van der Waals surface area (Å²) in [5.41, 5.74) is 13.7. The molecule has 2 aromatic rings. The van der Waals surface area contributed by atoms with E-state index in [1.54, 1.807) is 12.3 Å². The molecule has 5 heteroatoms. The summed E-state index contributed by atoms with van der Waals surface area (Å²) in [7, 11) is 0. The normalized spacial score (nSPS) is 12.3. The van der Waals surface area contributed by atoms with Crippen LogP contribution in [0.5, 0.6) is 0 Å². The zero-order chi connectivity index (χ0) is 11.5. The lowest BCUT2D eigenvalue weighted by Crippen LogP contribution is -2.10. The molecule has 5 nitrogen and oxygen atoms in total.